The number of carbonyl (C=O) groups is 1. The Bertz CT molecular complexity index is 1210. The zero-order chi connectivity index (χ0) is 23.3. The van der Waals surface area contributed by atoms with Crippen molar-refractivity contribution in [1.29, 1.82) is 0 Å². The van der Waals surface area contributed by atoms with Crippen LogP contribution in [-0.2, 0) is 0 Å². The summed E-state index contributed by atoms with van der Waals surface area (Å²) in [5, 5.41) is 8.74. The molecule has 0 saturated carbocycles. The van der Waals surface area contributed by atoms with Crippen LogP contribution >= 0.6 is 0 Å². The van der Waals surface area contributed by atoms with Crippen LogP contribution in [-0.4, -0.2) is 17.3 Å². The molecule has 3 aromatic carbocycles. The molecule has 3 aromatic rings. The molecular formula is C27H30N4O. The van der Waals surface area contributed by atoms with E-state index in [9.17, 15) is 4.79 Å². The van der Waals surface area contributed by atoms with Crippen LogP contribution in [0.4, 0.5) is 5.69 Å². The number of nitrogens with one attached hydrogen (secondary N) is 2. The van der Waals surface area contributed by atoms with Gasteiger partial charge in [-0.05, 0) is 105 Å². The zero-order valence-electron chi connectivity index (χ0n) is 19.6. The van der Waals surface area contributed by atoms with E-state index < -0.39 is 0 Å². The molecule has 5 nitrogen and oxygen atoms in total. The summed E-state index contributed by atoms with van der Waals surface area (Å²) in [6.07, 6.45) is 0. The molecule has 0 unspecified atom stereocenters. The van der Waals surface area contributed by atoms with Crippen molar-refractivity contribution in [3.05, 3.63) is 99.6 Å². The summed E-state index contributed by atoms with van der Waals surface area (Å²) in [7, 11) is 0. The van der Waals surface area contributed by atoms with Gasteiger partial charge in [0.25, 0.3) is 5.91 Å². The average Bonchev–Trinajstić information content (AvgIpc) is 2.79. The first-order valence-corrected chi connectivity index (χ1v) is 10.6. The van der Waals surface area contributed by atoms with E-state index in [0.717, 1.165) is 28.2 Å². The van der Waals surface area contributed by atoms with Crippen LogP contribution in [0.2, 0.25) is 0 Å². The Labute approximate surface area is 190 Å². The third-order valence-electron chi connectivity index (χ3n) is 5.65. The number of anilines is 1. The number of hydrazone groups is 2. The predicted octanol–water partition coefficient (Wildman–Crippen LogP) is 5.91. The molecular weight excluding hydrogens is 396 g/mol. The Morgan fingerprint density at radius 2 is 1.22 bits per heavy atom. The Balaban J connectivity index is 1.68. The van der Waals surface area contributed by atoms with Crippen molar-refractivity contribution in [3.8, 4) is 0 Å². The molecule has 0 aliphatic heterocycles. The molecule has 0 heterocycles. The van der Waals surface area contributed by atoms with Crippen molar-refractivity contribution in [2.45, 2.75) is 41.5 Å². The van der Waals surface area contributed by atoms with Crippen LogP contribution in [0.25, 0.3) is 0 Å². The lowest BCUT2D eigenvalue weighted by Gasteiger charge is -2.08. The fraction of sp³-hybridized carbons (Fsp3) is 0.222. The maximum atomic E-state index is 12.6. The fourth-order valence-corrected chi connectivity index (χ4v) is 3.14. The molecule has 0 bridgehead atoms. The molecule has 0 spiro atoms. The van der Waals surface area contributed by atoms with Gasteiger partial charge in [0.05, 0.1) is 17.1 Å². The zero-order valence-corrected chi connectivity index (χ0v) is 19.6. The van der Waals surface area contributed by atoms with E-state index in [0.29, 0.717) is 5.56 Å². The summed E-state index contributed by atoms with van der Waals surface area (Å²) in [5.41, 5.74) is 15.5. The second kappa shape index (κ2) is 10.1. The fourth-order valence-electron chi connectivity index (χ4n) is 3.14. The summed E-state index contributed by atoms with van der Waals surface area (Å²) >= 11 is 0. The second-order valence-electron chi connectivity index (χ2n) is 8.13. The lowest BCUT2D eigenvalue weighted by Crippen LogP contribution is -2.19. The predicted molar refractivity (Wildman–Crippen MR) is 134 cm³/mol. The SMILES string of the molecule is C/C(=N/NC(=O)c1cccc(N/N=C(/C)c2ccc(C)c(C)c2)c1)c1ccc(C)c(C)c1. The van der Waals surface area contributed by atoms with E-state index >= 15 is 0 Å². The standard InChI is InChI=1S/C27H30N4O/c1-17-10-12-23(14-19(17)3)21(5)28-30-26-9-7-8-25(16-26)27(32)31-29-22(6)24-13-11-18(2)20(4)15-24/h7-16,30H,1-6H3,(H,31,32)/b28-21-,29-22-. The van der Waals surface area contributed by atoms with Gasteiger partial charge < -0.3 is 0 Å². The van der Waals surface area contributed by atoms with Gasteiger partial charge in [-0.3, -0.25) is 10.2 Å². The van der Waals surface area contributed by atoms with Crippen LogP contribution in [0.3, 0.4) is 0 Å². The average molecular weight is 427 g/mol. The minimum absolute atomic E-state index is 0.272. The Morgan fingerprint density at radius 1 is 0.656 bits per heavy atom. The largest absolute Gasteiger partial charge is 0.278 e. The number of hydrogen-bond donors (Lipinski definition) is 2. The number of nitrogens with zero attached hydrogens (tertiary/aromatic N) is 2. The molecule has 2 N–H and O–H groups in total. The smallest absolute Gasteiger partial charge is 0.271 e. The summed E-state index contributed by atoms with van der Waals surface area (Å²) in [4.78, 5) is 12.6. The van der Waals surface area contributed by atoms with Crippen LogP contribution < -0.4 is 10.9 Å². The minimum Gasteiger partial charge on any atom is -0.278 e. The molecule has 0 aliphatic rings. The third kappa shape index (κ3) is 5.70. The van der Waals surface area contributed by atoms with E-state index in [1.807, 2.05) is 32.0 Å². The van der Waals surface area contributed by atoms with Crippen molar-refractivity contribution in [1.82, 2.24) is 5.43 Å². The molecule has 5 heteroatoms. The van der Waals surface area contributed by atoms with E-state index in [1.54, 1.807) is 12.1 Å². The Hall–Kier alpha value is -3.73. The van der Waals surface area contributed by atoms with Gasteiger partial charge in [-0.2, -0.15) is 10.2 Å². The first-order valence-electron chi connectivity index (χ1n) is 10.6. The molecule has 0 aromatic heterocycles. The van der Waals surface area contributed by atoms with Crippen LogP contribution in [0.1, 0.15) is 57.6 Å². The monoisotopic (exact) mass is 426 g/mol. The highest BCUT2D eigenvalue weighted by atomic mass is 16.2. The van der Waals surface area contributed by atoms with Gasteiger partial charge in [0.2, 0.25) is 0 Å². The first kappa shape index (κ1) is 22.9. The molecule has 32 heavy (non-hydrogen) atoms. The highest BCUT2D eigenvalue weighted by molar-refractivity contribution is 6.01. The number of rotatable bonds is 6. The summed E-state index contributed by atoms with van der Waals surface area (Å²) in [6, 6.07) is 19.6. The van der Waals surface area contributed by atoms with E-state index in [4.69, 9.17) is 0 Å². The van der Waals surface area contributed by atoms with Crippen molar-refractivity contribution in [2.75, 3.05) is 5.43 Å². The molecule has 0 saturated heterocycles. The first-order chi connectivity index (χ1) is 15.2. The topological polar surface area (TPSA) is 65.8 Å². The summed E-state index contributed by atoms with van der Waals surface area (Å²) in [6.45, 7) is 12.2. The number of hydrogen-bond acceptors (Lipinski definition) is 4. The third-order valence-corrected chi connectivity index (χ3v) is 5.65. The van der Waals surface area contributed by atoms with Gasteiger partial charge >= 0.3 is 0 Å². The van der Waals surface area contributed by atoms with Gasteiger partial charge in [0, 0.05) is 5.56 Å². The van der Waals surface area contributed by atoms with E-state index in [-0.39, 0.29) is 5.91 Å². The maximum absolute atomic E-state index is 12.6. The van der Waals surface area contributed by atoms with Gasteiger partial charge in [-0.1, -0.05) is 30.3 Å². The minimum atomic E-state index is -0.272. The van der Waals surface area contributed by atoms with Crippen molar-refractivity contribution in [2.24, 2.45) is 10.2 Å². The normalized spacial score (nSPS) is 11.9. The second-order valence-corrected chi connectivity index (χ2v) is 8.13. The van der Waals surface area contributed by atoms with Gasteiger partial charge in [0.1, 0.15) is 0 Å². The van der Waals surface area contributed by atoms with Crippen molar-refractivity contribution < 1.29 is 4.79 Å². The molecule has 3 rings (SSSR count). The quantitative estimate of drug-likeness (QED) is 0.380. The lowest BCUT2D eigenvalue weighted by atomic mass is 10.0. The number of benzene rings is 3. The van der Waals surface area contributed by atoms with Gasteiger partial charge in [0.15, 0.2) is 0 Å². The molecule has 0 fully saturated rings. The van der Waals surface area contributed by atoms with Gasteiger partial charge in [-0.15, -0.1) is 0 Å². The van der Waals surface area contributed by atoms with Gasteiger partial charge in [-0.25, -0.2) is 5.43 Å². The van der Waals surface area contributed by atoms with Crippen molar-refractivity contribution in [3.63, 3.8) is 0 Å². The molecule has 0 radical (unpaired) electrons. The number of amides is 1. The Morgan fingerprint density at radius 3 is 1.78 bits per heavy atom. The summed E-state index contributed by atoms with van der Waals surface area (Å²) in [5.74, 6) is -0.272. The Kier molecular flexibility index (Phi) is 7.21. The molecule has 164 valence electrons. The lowest BCUT2D eigenvalue weighted by molar-refractivity contribution is 0.0955. The number of carbonyl (C=O) groups excluding carboxylic acids is 1. The van der Waals surface area contributed by atoms with Crippen LogP contribution in [0.5, 0.6) is 0 Å². The molecule has 1 amide bonds. The van der Waals surface area contributed by atoms with E-state index in [2.05, 4.69) is 79.1 Å². The number of aryl methyl sites for hydroxylation is 4. The summed E-state index contributed by atoms with van der Waals surface area (Å²) < 4.78 is 0. The maximum Gasteiger partial charge on any atom is 0.271 e. The highest BCUT2D eigenvalue weighted by Crippen LogP contribution is 2.14. The van der Waals surface area contributed by atoms with Crippen LogP contribution in [0, 0.1) is 27.7 Å². The van der Waals surface area contributed by atoms with Crippen LogP contribution in [0.15, 0.2) is 70.9 Å². The molecule has 0 aliphatic carbocycles. The van der Waals surface area contributed by atoms with Crippen molar-refractivity contribution >= 4 is 23.0 Å². The van der Waals surface area contributed by atoms with E-state index in [1.165, 1.54) is 22.3 Å². The highest BCUT2D eigenvalue weighted by Gasteiger charge is 2.07. The molecule has 0 atom stereocenters.